The lowest BCUT2D eigenvalue weighted by atomic mass is 10.4. The molecular weight excluding hydrogens is 158 g/mol. The second-order valence-electron chi connectivity index (χ2n) is 2.28. The van der Waals surface area contributed by atoms with Gasteiger partial charge in [-0.15, -0.1) is 0 Å². The summed E-state index contributed by atoms with van der Waals surface area (Å²) in [6, 6.07) is 5.94. The van der Waals surface area contributed by atoms with E-state index in [1.807, 2.05) is 24.4 Å². The summed E-state index contributed by atoms with van der Waals surface area (Å²) in [7, 11) is 0. The molecule has 0 amide bonds. The van der Waals surface area contributed by atoms with Crippen molar-refractivity contribution in [1.29, 1.82) is 0 Å². The van der Waals surface area contributed by atoms with Gasteiger partial charge >= 0.3 is 0 Å². The number of hydrogen-bond acceptors (Lipinski definition) is 4. The van der Waals surface area contributed by atoms with Crippen molar-refractivity contribution in [3.8, 4) is 0 Å². The fraction of sp³-hybridized carbons (Fsp3) is 0.286. The zero-order valence-corrected chi connectivity index (χ0v) is 6.84. The summed E-state index contributed by atoms with van der Waals surface area (Å²) in [6.45, 7) is 2.06. The smallest absolute Gasteiger partial charge is 0.139 e. The maximum Gasteiger partial charge on any atom is 0.139 e. The van der Waals surface area contributed by atoms with Gasteiger partial charge in [0.05, 0.1) is 0 Å². The van der Waals surface area contributed by atoms with Crippen LogP contribution in [0.2, 0.25) is 0 Å². The van der Waals surface area contributed by atoms with Gasteiger partial charge in [0.15, 0.2) is 0 Å². The minimum absolute atomic E-state index is 1.03. The molecule has 1 N–H and O–H groups in total. The van der Waals surface area contributed by atoms with Crippen LogP contribution in [0.1, 0.15) is 0 Å². The molecule has 0 aromatic carbocycles. The molecule has 1 saturated heterocycles. The van der Waals surface area contributed by atoms with E-state index in [0.717, 1.165) is 18.9 Å². The highest BCUT2D eigenvalue weighted by molar-refractivity contribution is 7.99. The van der Waals surface area contributed by atoms with Gasteiger partial charge in [-0.25, -0.2) is 9.71 Å². The van der Waals surface area contributed by atoms with E-state index in [9.17, 15) is 0 Å². The van der Waals surface area contributed by atoms with Crippen LogP contribution >= 0.6 is 12.1 Å². The van der Waals surface area contributed by atoms with E-state index in [2.05, 4.69) is 14.0 Å². The molecule has 0 unspecified atom stereocenters. The molecule has 11 heavy (non-hydrogen) atoms. The third kappa shape index (κ3) is 1.46. The van der Waals surface area contributed by atoms with Crippen LogP contribution in [-0.4, -0.2) is 18.1 Å². The van der Waals surface area contributed by atoms with Gasteiger partial charge in [-0.1, -0.05) is 6.07 Å². The van der Waals surface area contributed by atoms with Crippen molar-refractivity contribution in [2.24, 2.45) is 0 Å². The predicted molar refractivity (Wildman–Crippen MR) is 47.2 cm³/mol. The summed E-state index contributed by atoms with van der Waals surface area (Å²) in [4.78, 5) is 4.23. The largest absolute Gasteiger partial charge is 0.286 e. The van der Waals surface area contributed by atoms with Gasteiger partial charge in [-0.2, -0.15) is 0 Å². The lowest BCUT2D eigenvalue weighted by molar-refractivity contribution is 0.968. The Morgan fingerprint density at radius 3 is 3.18 bits per heavy atom. The van der Waals surface area contributed by atoms with Crippen molar-refractivity contribution in [2.75, 3.05) is 17.4 Å². The van der Waals surface area contributed by atoms with Gasteiger partial charge in [-0.3, -0.25) is 4.31 Å². The molecule has 0 bridgehead atoms. The van der Waals surface area contributed by atoms with Crippen LogP contribution < -0.4 is 9.03 Å². The third-order valence-electron chi connectivity index (χ3n) is 1.50. The maximum atomic E-state index is 4.23. The normalized spacial score (nSPS) is 17.3. The highest BCUT2D eigenvalue weighted by Crippen LogP contribution is 2.19. The van der Waals surface area contributed by atoms with Crippen LogP contribution in [-0.2, 0) is 0 Å². The summed E-state index contributed by atoms with van der Waals surface area (Å²) in [5.74, 6) is 1.03. The monoisotopic (exact) mass is 167 g/mol. The van der Waals surface area contributed by atoms with Gasteiger partial charge in [0, 0.05) is 31.4 Å². The lowest BCUT2D eigenvalue weighted by Crippen LogP contribution is -2.11. The Morgan fingerprint density at radius 1 is 1.55 bits per heavy atom. The van der Waals surface area contributed by atoms with Crippen LogP contribution in [0, 0.1) is 0 Å². The van der Waals surface area contributed by atoms with Crippen molar-refractivity contribution < 1.29 is 0 Å². The molecule has 0 radical (unpaired) electrons. The first-order valence-electron chi connectivity index (χ1n) is 3.55. The predicted octanol–water partition coefficient (Wildman–Crippen LogP) is 1.05. The van der Waals surface area contributed by atoms with Gasteiger partial charge in [-0.05, 0) is 12.1 Å². The quantitative estimate of drug-likeness (QED) is 0.633. The Kier molecular flexibility index (Phi) is 1.96. The zero-order valence-electron chi connectivity index (χ0n) is 6.03. The van der Waals surface area contributed by atoms with E-state index in [0.29, 0.717) is 0 Å². The molecule has 1 aromatic rings. The molecule has 1 fully saturated rings. The van der Waals surface area contributed by atoms with Crippen LogP contribution in [0.4, 0.5) is 5.82 Å². The molecule has 0 aliphatic carbocycles. The van der Waals surface area contributed by atoms with E-state index in [1.165, 1.54) is 0 Å². The van der Waals surface area contributed by atoms with Gasteiger partial charge in [0.2, 0.25) is 0 Å². The van der Waals surface area contributed by atoms with E-state index in [1.54, 1.807) is 12.1 Å². The van der Waals surface area contributed by atoms with Gasteiger partial charge < -0.3 is 0 Å². The molecule has 1 aliphatic rings. The average molecular weight is 167 g/mol. The van der Waals surface area contributed by atoms with Crippen molar-refractivity contribution in [3.05, 3.63) is 24.4 Å². The van der Waals surface area contributed by atoms with Crippen molar-refractivity contribution in [2.45, 2.75) is 0 Å². The third-order valence-corrected chi connectivity index (χ3v) is 2.42. The SMILES string of the molecule is c1ccc(N2CCNS2)nc1. The number of pyridine rings is 1. The number of nitrogens with zero attached hydrogens (tertiary/aromatic N) is 2. The fourth-order valence-corrected chi connectivity index (χ4v) is 1.70. The summed E-state index contributed by atoms with van der Waals surface area (Å²) in [5, 5.41) is 0. The van der Waals surface area contributed by atoms with E-state index in [-0.39, 0.29) is 0 Å². The van der Waals surface area contributed by atoms with Crippen LogP contribution in [0.15, 0.2) is 24.4 Å². The van der Waals surface area contributed by atoms with E-state index >= 15 is 0 Å². The minimum atomic E-state index is 1.03. The van der Waals surface area contributed by atoms with Crippen LogP contribution in [0.3, 0.4) is 0 Å². The lowest BCUT2D eigenvalue weighted by Gasteiger charge is -2.11. The number of anilines is 1. The second kappa shape index (κ2) is 3.11. The summed E-state index contributed by atoms with van der Waals surface area (Å²) < 4.78 is 5.31. The summed E-state index contributed by atoms with van der Waals surface area (Å²) in [5.41, 5.74) is 0. The van der Waals surface area contributed by atoms with E-state index < -0.39 is 0 Å². The van der Waals surface area contributed by atoms with Gasteiger partial charge in [0.25, 0.3) is 0 Å². The standard InChI is InChI=1S/C7H9N3S/c1-2-4-8-7(3-1)10-6-5-9-11-10/h1-4,9H,5-6H2. The molecule has 1 aromatic heterocycles. The molecule has 4 heteroatoms. The molecule has 0 spiro atoms. The number of nitrogens with one attached hydrogen (secondary N) is 1. The summed E-state index contributed by atoms with van der Waals surface area (Å²) >= 11 is 1.62. The molecule has 1 aliphatic heterocycles. The molecule has 58 valence electrons. The first-order valence-corrected chi connectivity index (χ1v) is 4.32. The maximum absolute atomic E-state index is 4.23. The Bertz CT molecular complexity index is 220. The summed E-state index contributed by atoms with van der Waals surface area (Å²) in [6.07, 6.45) is 1.81. The Morgan fingerprint density at radius 2 is 2.55 bits per heavy atom. The van der Waals surface area contributed by atoms with Crippen LogP contribution in [0.5, 0.6) is 0 Å². The molecule has 3 nitrogen and oxygen atoms in total. The topological polar surface area (TPSA) is 28.2 Å². The number of aromatic nitrogens is 1. The Hall–Kier alpha value is -0.740. The molecular formula is C7H9N3S. The highest BCUT2D eigenvalue weighted by Gasteiger charge is 2.12. The zero-order chi connectivity index (χ0) is 7.52. The number of rotatable bonds is 1. The van der Waals surface area contributed by atoms with Crippen molar-refractivity contribution in [3.63, 3.8) is 0 Å². The average Bonchev–Trinajstić information content (AvgIpc) is 2.58. The first-order chi connectivity index (χ1) is 5.47. The molecule has 0 atom stereocenters. The number of hydrogen-bond donors (Lipinski definition) is 1. The molecule has 2 heterocycles. The molecule has 0 saturated carbocycles. The van der Waals surface area contributed by atoms with Crippen molar-refractivity contribution in [1.82, 2.24) is 9.71 Å². The minimum Gasteiger partial charge on any atom is -0.286 e. The Labute approximate surface area is 70.1 Å². The first kappa shape index (κ1) is 6.94. The van der Waals surface area contributed by atoms with Gasteiger partial charge in [0.1, 0.15) is 5.82 Å². The van der Waals surface area contributed by atoms with Crippen molar-refractivity contribution >= 4 is 18.0 Å². The molecule has 2 rings (SSSR count). The van der Waals surface area contributed by atoms with E-state index in [4.69, 9.17) is 0 Å². The second-order valence-corrected chi connectivity index (χ2v) is 3.19. The fourth-order valence-electron chi connectivity index (χ4n) is 0.979. The Balaban J connectivity index is 2.16. The highest BCUT2D eigenvalue weighted by atomic mass is 32.2. The van der Waals surface area contributed by atoms with Crippen LogP contribution in [0.25, 0.3) is 0 Å².